The molecule has 124 valence electrons. The van der Waals surface area contributed by atoms with Gasteiger partial charge >= 0.3 is 5.97 Å². The second kappa shape index (κ2) is 6.17. The Bertz CT molecular complexity index is 762. The van der Waals surface area contributed by atoms with Gasteiger partial charge in [-0.05, 0) is 18.2 Å². The Morgan fingerprint density at radius 2 is 1.83 bits per heavy atom. The normalized spacial score (nSPS) is 19.5. The van der Waals surface area contributed by atoms with Gasteiger partial charge in [0.15, 0.2) is 5.75 Å². The second-order valence-electron chi connectivity index (χ2n) is 6.26. The lowest BCUT2D eigenvalue weighted by atomic mass is 10.0. The topological polar surface area (TPSA) is 53.0 Å². The molecule has 1 fully saturated rings. The fourth-order valence-corrected chi connectivity index (χ4v) is 3.60. The molecule has 0 aliphatic carbocycles. The monoisotopic (exact) mass is 324 g/mol. The zero-order valence-electron chi connectivity index (χ0n) is 13.4. The number of ether oxygens (including phenoxy) is 1. The molecule has 0 amide bonds. The number of nitrogens with zero attached hydrogens (tertiary/aromatic N) is 2. The summed E-state index contributed by atoms with van der Waals surface area (Å²) in [6.07, 6.45) is 0.182. The highest BCUT2D eigenvalue weighted by Crippen LogP contribution is 2.45. The molecule has 0 spiro atoms. The number of carboxylic acid groups (broad SMARTS) is 1. The minimum Gasteiger partial charge on any atom is -0.481 e. The SMILES string of the molecule is O=C(O)CCN1CCN2c3ccccc3Oc3ccccc3C2C1. The van der Waals surface area contributed by atoms with E-state index in [-0.39, 0.29) is 12.5 Å². The molecule has 0 radical (unpaired) electrons. The summed E-state index contributed by atoms with van der Waals surface area (Å²) in [7, 11) is 0. The summed E-state index contributed by atoms with van der Waals surface area (Å²) < 4.78 is 6.17. The summed E-state index contributed by atoms with van der Waals surface area (Å²) in [4.78, 5) is 15.5. The van der Waals surface area contributed by atoms with Crippen molar-refractivity contribution in [3.63, 3.8) is 0 Å². The summed E-state index contributed by atoms with van der Waals surface area (Å²) in [5.41, 5.74) is 2.27. The number of carboxylic acids is 1. The van der Waals surface area contributed by atoms with Crippen molar-refractivity contribution < 1.29 is 14.6 Å². The molecule has 5 nitrogen and oxygen atoms in total. The number of para-hydroxylation sites is 3. The molecule has 2 aliphatic heterocycles. The van der Waals surface area contributed by atoms with Gasteiger partial charge in [-0.2, -0.15) is 0 Å². The quantitative estimate of drug-likeness (QED) is 0.940. The number of aliphatic carboxylic acids is 1. The third-order valence-electron chi connectivity index (χ3n) is 4.78. The number of hydrogen-bond donors (Lipinski definition) is 1. The van der Waals surface area contributed by atoms with Crippen LogP contribution in [0.3, 0.4) is 0 Å². The standard InChI is InChI=1S/C19H20N2O3/c22-19(23)9-10-20-11-12-21-15-6-2-4-8-18(15)24-17-7-3-1-5-14(17)16(21)13-20/h1-8,16H,9-13H2,(H,22,23). The average Bonchev–Trinajstić information content (AvgIpc) is 2.74. The van der Waals surface area contributed by atoms with Crippen LogP contribution < -0.4 is 9.64 Å². The van der Waals surface area contributed by atoms with Crippen LogP contribution >= 0.6 is 0 Å². The van der Waals surface area contributed by atoms with Gasteiger partial charge in [0, 0.05) is 31.7 Å². The predicted octanol–water partition coefficient (Wildman–Crippen LogP) is 3.13. The lowest BCUT2D eigenvalue weighted by molar-refractivity contribution is -0.137. The Balaban J connectivity index is 1.70. The third kappa shape index (κ3) is 2.71. The number of hydrogen-bond acceptors (Lipinski definition) is 4. The fourth-order valence-electron chi connectivity index (χ4n) is 3.60. The third-order valence-corrected chi connectivity index (χ3v) is 4.78. The van der Waals surface area contributed by atoms with Crippen molar-refractivity contribution in [2.75, 3.05) is 31.1 Å². The van der Waals surface area contributed by atoms with Crippen molar-refractivity contribution >= 4 is 11.7 Å². The van der Waals surface area contributed by atoms with Gasteiger partial charge in [-0.15, -0.1) is 0 Å². The van der Waals surface area contributed by atoms with E-state index in [1.54, 1.807) is 0 Å². The Hall–Kier alpha value is -2.53. The summed E-state index contributed by atoms with van der Waals surface area (Å²) in [6, 6.07) is 16.4. The van der Waals surface area contributed by atoms with Gasteiger partial charge in [0.2, 0.25) is 0 Å². The minimum atomic E-state index is -0.743. The molecule has 1 unspecified atom stereocenters. The molecule has 0 saturated carbocycles. The van der Waals surface area contributed by atoms with Gasteiger partial charge in [-0.1, -0.05) is 30.3 Å². The van der Waals surface area contributed by atoms with Gasteiger partial charge in [-0.25, -0.2) is 0 Å². The second-order valence-corrected chi connectivity index (χ2v) is 6.26. The maximum Gasteiger partial charge on any atom is 0.304 e. The number of fused-ring (bicyclic) bond motifs is 5. The Morgan fingerprint density at radius 1 is 1.08 bits per heavy atom. The molecule has 2 aromatic rings. The maximum atomic E-state index is 10.9. The van der Waals surface area contributed by atoms with Crippen LogP contribution in [-0.2, 0) is 4.79 Å². The van der Waals surface area contributed by atoms with E-state index in [9.17, 15) is 4.79 Å². The molecule has 24 heavy (non-hydrogen) atoms. The minimum absolute atomic E-state index is 0.174. The van der Waals surface area contributed by atoms with Crippen molar-refractivity contribution in [2.45, 2.75) is 12.5 Å². The average molecular weight is 324 g/mol. The van der Waals surface area contributed by atoms with Gasteiger partial charge in [0.1, 0.15) is 5.75 Å². The van der Waals surface area contributed by atoms with Gasteiger partial charge < -0.3 is 14.7 Å². The summed E-state index contributed by atoms with van der Waals surface area (Å²) in [5.74, 6) is 1.02. The van der Waals surface area contributed by atoms with E-state index in [1.807, 2.05) is 36.4 Å². The van der Waals surface area contributed by atoms with Crippen molar-refractivity contribution in [1.82, 2.24) is 4.90 Å². The zero-order chi connectivity index (χ0) is 16.5. The largest absolute Gasteiger partial charge is 0.481 e. The van der Waals surface area contributed by atoms with Crippen LogP contribution in [0.1, 0.15) is 18.0 Å². The lowest BCUT2D eigenvalue weighted by Crippen LogP contribution is -2.48. The van der Waals surface area contributed by atoms with E-state index >= 15 is 0 Å². The summed E-state index contributed by atoms with van der Waals surface area (Å²) >= 11 is 0. The molecule has 1 N–H and O–H groups in total. The van der Waals surface area contributed by atoms with Crippen LogP contribution in [0.15, 0.2) is 48.5 Å². The van der Waals surface area contributed by atoms with Crippen molar-refractivity contribution in [2.24, 2.45) is 0 Å². The van der Waals surface area contributed by atoms with E-state index < -0.39 is 5.97 Å². The fraction of sp³-hybridized carbons (Fsp3) is 0.316. The first-order chi connectivity index (χ1) is 11.7. The van der Waals surface area contributed by atoms with E-state index in [2.05, 4.69) is 21.9 Å². The molecule has 0 bridgehead atoms. The number of carbonyl (C=O) groups is 1. The molecule has 2 heterocycles. The molecule has 2 aliphatic rings. The first-order valence-corrected chi connectivity index (χ1v) is 8.29. The van der Waals surface area contributed by atoms with Gasteiger partial charge in [0.25, 0.3) is 0 Å². The van der Waals surface area contributed by atoms with Crippen LogP contribution in [0.2, 0.25) is 0 Å². The molecule has 1 atom stereocenters. The van der Waals surface area contributed by atoms with Crippen LogP contribution in [0, 0.1) is 0 Å². The van der Waals surface area contributed by atoms with Gasteiger partial charge in [-0.3, -0.25) is 9.69 Å². The van der Waals surface area contributed by atoms with Crippen molar-refractivity contribution in [3.8, 4) is 11.5 Å². The van der Waals surface area contributed by atoms with E-state index in [0.717, 1.165) is 42.4 Å². The molecular weight excluding hydrogens is 304 g/mol. The highest BCUT2D eigenvalue weighted by Gasteiger charge is 2.34. The Morgan fingerprint density at radius 3 is 2.67 bits per heavy atom. The molecule has 0 aromatic heterocycles. The molecule has 5 heteroatoms. The van der Waals surface area contributed by atoms with E-state index in [1.165, 1.54) is 0 Å². The first kappa shape index (κ1) is 15.0. The number of benzene rings is 2. The maximum absolute atomic E-state index is 10.9. The number of rotatable bonds is 3. The predicted molar refractivity (Wildman–Crippen MR) is 91.7 cm³/mol. The zero-order valence-corrected chi connectivity index (χ0v) is 13.4. The van der Waals surface area contributed by atoms with Gasteiger partial charge in [0.05, 0.1) is 18.2 Å². The molecule has 4 rings (SSSR count). The summed E-state index contributed by atoms with van der Waals surface area (Å²) in [5, 5.41) is 8.95. The smallest absolute Gasteiger partial charge is 0.304 e. The molecule has 2 aromatic carbocycles. The molecular formula is C19H20N2O3. The van der Waals surface area contributed by atoms with Crippen LogP contribution in [0.5, 0.6) is 11.5 Å². The number of anilines is 1. The van der Waals surface area contributed by atoms with E-state index in [4.69, 9.17) is 9.84 Å². The highest BCUT2D eigenvalue weighted by atomic mass is 16.5. The van der Waals surface area contributed by atoms with Crippen LogP contribution in [-0.4, -0.2) is 42.2 Å². The highest BCUT2D eigenvalue weighted by molar-refractivity contribution is 5.67. The van der Waals surface area contributed by atoms with E-state index in [0.29, 0.717) is 6.54 Å². The first-order valence-electron chi connectivity index (χ1n) is 8.29. The Labute approximate surface area is 141 Å². The van der Waals surface area contributed by atoms with Crippen molar-refractivity contribution in [3.05, 3.63) is 54.1 Å². The number of piperazine rings is 1. The van der Waals surface area contributed by atoms with Crippen LogP contribution in [0.25, 0.3) is 0 Å². The lowest BCUT2D eigenvalue weighted by Gasteiger charge is -2.42. The van der Waals surface area contributed by atoms with Crippen LogP contribution in [0.4, 0.5) is 5.69 Å². The Kier molecular flexibility index (Phi) is 3.86. The van der Waals surface area contributed by atoms with Crippen molar-refractivity contribution in [1.29, 1.82) is 0 Å². The summed E-state index contributed by atoms with van der Waals surface area (Å²) in [6.45, 7) is 3.12. The molecule has 1 saturated heterocycles.